The summed E-state index contributed by atoms with van der Waals surface area (Å²) >= 11 is 0. The molecule has 2 aromatic rings. The van der Waals surface area contributed by atoms with Gasteiger partial charge in [0.05, 0.1) is 6.10 Å². The predicted octanol–water partition coefficient (Wildman–Crippen LogP) is 5.23. The Bertz CT molecular complexity index is 799. The lowest BCUT2D eigenvalue weighted by Crippen LogP contribution is -2.66. The first-order valence-electron chi connectivity index (χ1n) is 11.1. The Balaban J connectivity index is 1.85. The van der Waals surface area contributed by atoms with Crippen molar-refractivity contribution in [3.05, 3.63) is 85.5 Å². The fraction of sp³-hybridized carbons (Fsp3) is 0.407. The van der Waals surface area contributed by atoms with E-state index in [0.29, 0.717) is 0 Å². The molecule has 2 aromatic carbocycles. The van der Waals surface area contributed by atoms with E-state index in [1.54, 1.807) is 0 Å². The van der Waals surface area contributed by atoms with Crippen molar-refractivity contribution in [2.75, 3.05) is 6.61 Å². The first kappa shape index (κ1) is 22.7. The zero-order chi connectivity index (χ0) is 21.7. The van der Waals surface area contributed by atoms with Gasteiger partial charge in [0.15, 0.2) is 0 Å². The van der Waals surface area contributed by atoms with Crippen LogP contribution >= 0.6 is 0 Å². The van der Waals surface area contributed by atoms with Gasteiger partial charge in [-0.15, -0.1) is 6.58 Å². The van der Waals surface area contributed by atoms with Gasteiger partial charge in [-0.3, -0.25) is 0 Å². The van der Waals surface area contributed by atoms with Crippen LogP contribution in [0.5, 0.6) is 0 Å². The molecule has 0 amide bonds. The topological polar surface area (TPSA) is 29.5 Å². The molecule has 1 aliphatic rings. The van der Waals surface area contributed by atoms with E-state index in [1.807, 2.05) is 6.08 Å². The van der Waals surface area contributed by atoms with Crippen LogP contribution in [0.4, 0.5) is 0 Å². The van der Waals surface area contributed by atoms with E-state index < -0.39 is 8.32 Å². The van der Waals surface area contributed by atoms with Gasteiger partial charge in [0.1, 0.15) is 0 Å². The van der Waals surface area contributed by atoms with Crippen LogP contribution in [-0.2, 0) is 4.43 Å². The number of aliphatic hydroxyl groups excluding tert-OH is 1. The van der Waals surface area contributed by atoms with Gasteiger partial charge in [0, 0.05) is 12.0 Å². The molecule has 2 atom stereocenters. The molecular formula is C27H36O2Si. The van der Waals surface area contributed by atoms with E-state index in [1.165, 1.54) is 10.4 Å². The van der Waals surface area contributed by atoms with Gasteiger partial charge in [-0.2, -0.15) is 0 Å². The molecule has 30 heavy (non-hydrogen) atoms. The van der Waals surface area contributed by atoms with E-state index in [0.717, 1.165) is 32.3 Å². The second-order valence-corrected chi connectivity index (χ2v) is 13.8. The molecule has 1 unspecified atom stereocenters. The van der Waals surface area contributed by atoms with Gasteiger partial charge >= 0.3 is 0 Å². The summed E-state index contributed by atoms with van der Waals surface area (Å²) in [6.07, 6.45) is 9.54. The summed E-state index contributed by atoms with van der Waals surface area (Å²) in [5.41, 5.74) is -0.0198. The van der Waals surface area contributed by atoms with Gasteiger partial charge in [-0.1, -0.05) is 99.7 Å². The van der Waals surface area contributed by atoms with Crippen LogP contribution in [0.25, 0.3) is 0 Å². The summed E-state index contributed by atoms with van der Waals surface area (Å²) in [4.78, 5) is 0. The average molecular weight is 421 g/mol. The molecule has 0 aromatic heterocycles. The fourth-order valence-corrected chi connectivity index (χ4v) is 9.37. The van der Waals surface area contributed by atoms with Crippen molar-refractivity contribution in [3.8, 4) is 0 Å². The lowest BCUT2D eigenvalue weighted by molar-refractivity contribution is 0.175. The highest BCUT2D eigenvalue weighted by molar-refractivity contribution is 6.99. The second kappa shape index (κ2) is 9.46. The van der Waals surface area contributed by atoms with Crippen molar-refractivity contribution < 1.29 is 9.53 Å². The molecule has 1 aliphatic carbocycles. The molecule has 0 saturated heterocycles. The Kier molecular flexibility index (Phi) is 7.17. The number of aliphatic hydroxyl groups is 1. The van der Waals surface area contributed by atoms with Crippen LogP contribution < -0.4 is 10.4 Å². The number of hydrogen-bond donors (Lipinski definition) is 1. The first-order chi connectivity index (χ1) is 14.3. The van der Waals surface area contributed by atoms with E-state index in [9.17, 15) is 5.11 Å². The largest absolute Gasteiger partial charge is 0.407 e. The van der Waals surface area contributed by atoms with Crippen molar-refractivity contribution in [1.82, 2.24) is 0 Å². The maximum absolute atomic E-state index is 9.82. The molecular weight excluding hydrogens is 384 g/mol. The van der Waals surface area contributed by atoms with Crippen molar-refractivity contribution in [3.63, 3.8) is 0 Å². The maximum Gasteiger partial charge on any atom is 0.261 e. The van der Waals surface area contributed by atoms with Crippen molar-refractivity contribution in [2.24, 2.45) is 5.41 Å². The predicted molar refractivity (Wildman–Crippen MR) is 130 cm³/mol. The SMILES string of the molecule is C=CC1(CCCO[Si](c2ccccc2)(c2ccccc2)C(C)(C)C)C=C[C@@H](O)CC1. The Morgan fingerprint density at radius 2 is 1.63 bits per heavy atom. The molecule has 1 N–H and O–H groups in total. The summed E-state index contributed by atoms with van der Waals surface area (Å²) in [6.45, 7) is 11.7. The number of benzene rings is 2. The minimum Gasteiger partial charge on any atom is -0.407 e. The Labute approximate surface area is 183 Å². The van der Waals surface area contributed by atoms with Crippen LogP contribution in [0.15, 0.2) is 85.5 Å². The van der Waals surface area contributed by atoms with Crippen LogP contribution in [0.1, 0.15) is 46.5 Å². The summed E-state index contributed by atoms with van der Waals surface area (Å²) in [5, 5.41) is 12.5. The van der Waals surface area contributed by atoms with Crippen molar-refractivity contribution in [1.29, 1.82) is 0 Å². The molecule has 3 rings (SSSR count). The minimum absolute atomic E-state index is 0.000676. The quantitative estimate of drug-likeness (QED) is 0.360. The lowest BCUT2D eigenvalue weighted by atomic mass is 9.75. The highest BCUT2D eigenvalue weighted by Crippen LogP contribution is 2.39. The zero-order valence-corrected chi connectivity index (χ0v) is 19.7. The van der Waals surface area contributed by atoms with Gasteiger partial charge in [0.25, 0.3) is 8.32 Å². The van der Waals surface area contributed by atoms with Crippen LogP contribution in [0.3, 0.4) is 0 Å². The molecule has 0 bridgehead atoms. The van der Waals surface area contributed by atoms with E-state index in [-0.39, 0.29) is 16.6 Å². The van der Waals surface area contributed by atoms with E-state index >= 15 is 0 Å². The van der Waals surface area contributed by atoms with Crippen molar-refractivity contribution >= 4 is 18.7 Å². The summed E-state index contributed by atoms with van der Waals surface area (Å²) in [7, 11) is -2.47. The molecule has 3 heteroatoms. The van der Waals surface area contributed by atoms with Crippen LogP contribution in [0.2, 0.25) is 5.04 Å². The normalized spacial score (nSPS) is 22.1. The molecule has 0 radical (unpaired) electrons. The highest BCUT2D eigenvalue weighted by Gasteiger charge is 2.50. The molecule has 0 saturated carbocycles. The Hall–Kier alpha value is -1.94. The second-order valence-electron chi connectivity index (χ2n) is 9.52. The summed E-state index contributed by atoms with van der Waals surface area (Å²) in [6, 6.07) is 21.6. The number of allylic oxidation sites excluding steroid dienone is 2. The molecule has 0 spiro atoms. The third-order valence-corrected chi connectivity index (χ3v) is 11.5. The molecule has 160 valence electrons. The molecule has 0 fully saturated rings. The van der Waals surface area contributed by atoms with Crippen LogP contribution in [0, 0.1) is 5.41 Å². The highest BCUT2D eigenvalue weighted by atomic mass is 28.4. The number of rotatable bonds is 8. The van der Waals surface area contributed by atoms with Gasteiger partial charge < -0.3 is 9.53 Å². The average Bonchev–Trinajstić information content (AvgIpc) is 2.76. The molecule has 2 nitrogen and oxygen atoms in total. The fourth-order valence-electron chi connectivity index (χ4n) is 4.77. The molecule has 0 heterocycles. The van der Waals surface area contributed by atoms with Gasteiger partial charge in [-0.05, 0) is 41.1 Å². The minimum atomic E-state index is -2.47. The van der Waals surface area contributed by atoms with Gasteiger partial charge in [-0.25, -0.2) is 0 Å². The van der Waals surface area contributed by atoms with Gasteiger partial charge in [0.2, 0.25) is 0 Å². The third kappa shape index (κ3) is 4.69. The zero-order valence-electron chi connectivity index (χ0n) is 18.7. The smallest absolute Gasteiger partial charge is 0.261 e. The number of hydrogen-bond acceptors (Lipinski definition) is 2. The Morgan fingerprint density at radius 3 is 2.07 bits per heavy atom. The summed E-state index contributed by atoms with van der Waals surface area (Å²) in [5.74, 6) is 0. The third-order valence-electron chi connectivity index (χ3n) is 6.48. The standard InChI is InChI=1S/C27H36O2Si/c1-5-27(20-17-23(28)18-21-27)19-12-22-29-30(26(2,3)4,24-13-8-6-9-14-24)25-15-10-7-11-16-25/h5-11,13-17,20,23,28H,1,12,18-19,21-22H2,2-4H3/t23-,27?/m1/s1. The van der Waals surface area contributed by atoms with Crippen molar-refractivity contribution in [2.45, 2.75) is 57.6 Å². The molecule has 0 aliphatic heterocycles. The van der Waals surface area contributed by atoms with E-state index in [2.05, 4.69) is 100 Å². The maximum atomic E-state index is 9.82. The first-order valence-corrected chi connectivity index (χ1v) is 13.0. The lowest BCUT2D eigenvalue weighted by Gasteiger charge is -2.43. The summed E-state index contributed by atoms with van der Waals surface area (Å²) < 4.78 is 7.00. The van der Waals surface area contributed by atoms with E-state index in [4.69, 9.17) is 4.43 Å². The van der Waals surface area contributed by atoms with Crippen LogP contribution in [-0.4, -0.2) is 26.1 Å². The monoisotopic (exact) mass is 420 g/mol. The Morgan fingerprint density at radius 1 is 1.07 bits per heavy atom.